The number of nitriles is 1. The second-order valence-electron chi connectivity index (χ2n) is 3.64. The van der Waals surface area contributed by atoms with Crippen LogP contribution in [0.1, 0.15) is 15.3 Å². The van der Waals surface area contributed by atoms with E-state index in [-0.39, 0.29) is 0 Å². The summed E-state index contributed by atoms with van der Waals surface area (Å²) in [6, 6.07) is 11.6. The van der Waals surface area contributed by atoms with Crippen LogP contribution < -0.4 is 5.32 Å². The number of anilines is 1. The molecular formula is C13H11ClN2S. The molecule has 0 aliphatic heterocycles. The first-order valence-corrected chi connectivity index (χ1v) is 6.38. The second-order valence-corrected chi connectivity index (χ2v) is 5.42. The Morgan fingerprint density at radius 3 is 2.82 bits per heavy atom. The third-order valence-corrected chi connectivity index (χ3v) is 3.69. The number of hydrogen-bond acceptors (Lipinski definition) is 3. The van der Waals surface area contributed by atoms with Gasteiger partial charge in [-0.15, -0.1) is 11.3 Å². The fraction of sp³-hybridized carbons (Fsp3) is 0.154. The lowest BCUT2D eigenvalue weighted by atomic mass is 10.2. The maximum absolute atomic E-state index is 9.00. The maximum Gasteiger partial charge on any atom is 0.101 e. The van der Waals surface area contributed by atoms with Crippen molar-refractivity contribution in [2.45, 2.75) is 13.5 Å². The van der Waals surface area contributed by atoms with Gasteiger partial charge in [-0.2, -0.15) is 5.26 Å². The van der Waals surface area contributed by atoms with Gasteiger partial charge in [0.15, 0.2) is 0 Å². The van der Waals surface area contributed by atoms with Gasteiger partial charge < -0.3 is 5.32 Å². The molecule has 1 aromatic heterocycles. The summed E-state index contributed by atoms with van der Waals surface area (Å²) in [6.45, 7) is 2.77. The number of para-hydroxylation sites is 1. The van der Waals surface area contributed by atoms with Crippen LogP contribution in [0.15, 0.2) is 30.3 Å². The second kappa shape index (κ2) is 5.22. The van der Waals surface area contributed by atoms with Crippen molar-refractivity contribution in [3.63, 3.8) is 0 Å². The Morgan fingerprint density at radius 2 is 2.18 bits per heavy atom. The van der Waals surface area contributed by atoms with E-state index in [9.17, 15) is 0 Å². The molecule has 2 rings (SSSR count). The van der Waals surface area contributed by atoms with Crippen LogP contribution in [0.3, 0.4) is 0 Å². The molecule has 0 radical (unpaired) electrons. The van der Waals surface area contributed by atoms with Crippen molar-refractivity contribution >= 4 is 28.6 Å². The van der Waals surface area contributed by atoms with Gasteiger partial charge in [0.2, 0.25) is 0 Å². The smallest absolute Gasteiger partial charge is 0.101 e. The van der Waals surface area contributed by atoms with Crippen LogP contribution in [0, 0.1) is 18.3 Å². The van der Waals surface area contributed by atoms with Crippen molar-refractivity contribution in [2.75, 3.05) is 5.32 Å². The number of nitrogens with one attached hydrogen (secondary N) is 1. The van der Waals surface area contributed by atoms with Crippen molar-refractivity contribution in [2.24, 2.45) is 0 Å². The number of benzene rings is 1. The van der Waals surface area contributed by atoms with Gasteiger partial charge in [0.05, 0.1) is 16.3 Å². The first kappa shape index (κ1) is 12.0. The lowest BCUT2D eigenvalue weighted by molar-refractivity contribution is 1.19. The average molecular weight is 263 g/mol. The normalized spacial score (nSPS) is 9.94. The zero-order valence-electron chi connectivity index (χ0n) is 9.33. The largest absolute Gasteiger partial charge is 0.378 e. The highest BCUT2D eigenvalue weighted by atomic mass is 35.5. The molecule has 0 aliphatic rings. The van der Waals surface area contributed by atoms with Gasteiger partial charge in [-0.05, 0) is 31.2 Å². The topological polar surface area (TPSA) is 35.8 Å². The predicted molar refractivity (Wildman–Crippen MR) is 72.5 cm³/mol. The van der Waals surface area contributed by atoms with E-state index in [1.807, 2.05) is 0 Å². The van der Waals surface area contributed by atoms with E-state index in [2.05, 4.69) is 30.4 Å². The number of hydrogen-bond donors (Lipinski definition) is 1. The summed E-state index contributed by atoms with van der Waals surface area (Å²) in [5, 5.41) is 12.8. The summed E-state index contributed by atoms with van der Waals surface area (Å²) in [6.07, 6.45) is 0. The highest BCUT2D eigenvalue weighted by Crippen LogP contribution is 2.26. The first-order chi connectivity index (χ1) is 8.20. The standard InChI is InChI=1S/C13H11ClN2S/c1-9-5-6-11(17-9)8-16-13-10(7-15)3-2-4-12(13)14/h2-6,16H,8H2,1H3. The maximum atomic E-state index is 9.00. The summed E-state index contributed by atoms with van der Waals surface area (Å²) < 4.78 is 0. The van der Waals surface area contributed by atoms with E-state index in [4.69, 9.17) is 16.9 Å². The van der Waals surface area contributed by atoms with Gasteiger partial charge in [0, 0.05) is 16.3 Å². The van der Waals surface area contributed by atoms with Crippen LogP contribution >= 0.6 is 22.9 Å². The van der Waals surface area contributed by atoms with Crippen molar-refractivity contribution in [1.29, 1.82) is 5.26 Å². The van der Waals surface area contributed by atoms with Crippen molar-refractivity contribution in [3.8, 4) is 6.07 Å². The minimum absolute atomic E-state index is 0.575. The van der Waals surface area contributed by atoms with Gasteiger partial charge in [0.1, 0.15) is 6.07 Å². The van der Waals surface area contributed by atoms with E-state index < -0.39 is 0 Å². The molecule has 4 heteroatoms. The Balaban J connectivity index is 2.17. The van der Waals surface area contributed by atoms with Crippen LogP contribution in [0.5, 0.6) is 0 Å². The summed E-state index contributed by atoms with van der Waals surface area (Å²) in [5.41, 5.74) is 1.29. The first-order valence-electron chi connectivity index (χ1n) is 5.18. The summed E-state index contributed by atoms with van der Waals surface area (Å²) >= 11 is 7.81. The Bertz CT molecular complexity index is 569. The third kappa shape index (κ3) is 2.79. The Kier molecular flexibility index (Phi) is 3.68. The number of halogens is 1. The third-order valence-electron chi connectivity index (χ3n) is 2.37. The fourth-order valence-corrected chi connectivity index (χ4v) is 2.62. The molecule has 0 amide bonds. The van der Waals surface area contributed by atoms with Crippen LogP contribution in [0.2, 0.25) is 5.02 Å². The van der Waals surface area contributed by atoms with Crippen LogP contribution in [-0.2, 0) is 6.54 Å². The van der Waals surface area contributed by atoms with Gasteiger partial charge >= 0.3 is 0 Å². The molecule has 1 aromatic carbocycles. The molecule has 0 spiro atoms. The van der Waals surface area contributed by atoms with Crippen molar-refractivity contribution in [1.82, 2.24) is 0 Å². The minimum Gasteiger partial charge on any atom is -0.378 e. The minimum atomic E-state index is 0.575. The summed E-state index contributed by atoms with van der Waals surface area (Å²) in [4.78, 5) is 2.51. The quantitative estimate of drug-likeness (QED) is 0.900. The molecule has 2 aromatic rings. The Labute approximate surface area is 109 Å². The van der Waals surface area contributed by atoms with Crippen LogP contribution in [0.4, 0.5) is 5.69 Å². The van der Waals surface area contributed by atoms with E-state index in [1.165, 1.54) is 9.75 Å². The van der Waals surface area contributed by atoms with E-state index in [0.29, 0.717) is 22.8 Å². The predicted octanol–water partition coefficient (Wildman–Crippen LogP) is 4.19. The van der Waals surface area contributed by atoms with Gasteiger partial charge in [0.25, 0.3) is 0 Å². The van der Waals surface area contributed by atoms with E-state index in [0.717, 1.165) is 0 Å². The molecule has 0 atom stereocenters. The molecule has 1 heterocycles. The molecule has 0 saturated carbocycles. The molecule has 0 saturated heterocycles. The fourth-order valence-electron chi connectivity index (χ4n) is 1.55. The molecule has 0 unspecified atom stereocenters. The van der Waals surface area contributed by atoms with E-state index in [1.54, 1.807) is 29.5 Å². The molecule has 1 N–H and O–H groups in total. The monoisotopic (exact) mass is 262 g/mol. The zero-order chi connectivity index (χ0) is 12.3. The SMILES string of the molecule is Cc1ccc(CNc2c(Cl)cccc2C#N)s1. The molecule has 0 fully saturated rings. The summed E-state index contributed by atoms with van der Waals surface area (Å²) in [7, 11) is 0. The number of aryl methyl sites for hydroxylation is 1. The number of rotatable bonds is 3. The highest BCUT2D eigenvalue weighted by Gasteiger charge is 2.06. The molecule has 86 valence electrons. The van der Waals surface area contributed by atoms with Crippen LogP contribution in [-0.4, -0.2) is 0 Å². The number of nitrogens with zero attached hydrogens (tertiary/aromatic N) is 1. The molecule has 0 bridgehead atoms. The average Bonchev–Trinajstić information content (AvgIpc) is 2.73. The van der Waals surface area contributed by atoms with Gasteiger partial charge in [-0.3, -0.25) is 0 Å². The lowest BCUT2D eigenvalue weighted by Gasteiger charge is -2.08. The highest BCUT2D eigenvalue weighted by molar-refractivity contribution is 7.11. The molecule has 0 aliphatic carbocycles. The zero-order valence-corrected chi connectivity index (χ0v) is 10.9. The summed E-state index contributed by atoms with van der Waals surface area (Å²) in [5.74, 6) is 0. The Morgan fingerprint density at radius 1 is 1.35 bits per heavy atom. The van der Waals surface area contributed by atoms with Crippen molar-refractivity contribution < 1.29 is 0 Å². The van der Waals surface area contributed by atoms with Gasteiger partial charge in [-0.25, -0.2) is 0 Å². The Hall–Kier alpha value is -1.50. The van der Waals surface area contributed by atoms with Gasteiger partial charge in [-0.1, -0.05) is 17.7 Å². The molecule has 17 heavy (non-hydrogen) atoms. The molecular weight excluding hydrogens is 252 g/mol. The number of thiophene rings is 1. The van der Waals surface area contributed by atoms with Crippen LogP contribution in [0.25, 0.3) is 0 Å². The molecule has 2 nitrogen and oxygen atoms in total. The van der Waals surface area contributed by atoms with E-state index >= 15 is 0 Å². The lowest BCUT2D eigenvalue weighted by Crippen LogP contribution is -2.00. The van der Waals surface area contributed by atoms with Crippen molar-refractivity contribution in [3.05, 3.63) is 50.7 Å².